The smallest absolute Gasteiger partial charge is 0.326 e. The standard InChI is InChI=1S/C46H63N11O10/c1-67-33-13-11-28(12-14-33)17-29-18-30(24-52-42(62)35(9-5-15-51-46(48)49)54-41(61)34(47)23-39(58)59)20-31(19-29)40(60)55-36(22-32-25-50-26-53-32)44(64)57-16-6-10-38(57)43(63)56-37(45(65)66)21-27-7-3-2-4-8-27/h2-4,7-8,11-14,25-26,29-31,34-38H,5-6,9-10,15-24,47H2,1H3,(H,50,53)(H,52,62)(H,54,61)(H,55,60)(H,56,63)(H,58,59)(H,65,66)(H4,48,49,51)/t29-,30+,31-,34+,35+,36+,37+,38+/m1/s1. The van der Waals surface area contributed by atoms with Crippen LogP contribution >= 0.6 is 0 Å². The Kier molecular flexibility index (Phi) is 19.0. The molecule has 0 radical (unpaired) electrons. The quantitative estimate of drug-likeness (QED) is 0.0321. The minimum absolute atomic E-state index is 0.0321. The second kappa shape index (κ2) is 25.0. The topological polar surface area (TPSA) is 340 Å². The number of nitrogens with two attached hydrogens (primary N) is 3. The minimum Gasteiger partial charge on any atom is -0.497 e. The highest BCUT2D eigenvalue weighted by molar-refractivity contribution is 5.94. The zero-order chi connectivity index (χ0) is 48.5. The summed E-state index contributed by atoms with van der Waals surface area (Å²) in [4.78, 5) is 105. The monoisotopic (exact) mass is 929 g/mol. The number of benzene rings is 2. The predicted octanol–water partition coefficient (Wildman–Crippen LogP) is -0.0195. The van der Waals surface area contributed by atoms with E-state index in [0.717, 1.165) is 11.1 Å². The van der Waals surface area contributed by atoms with Crippen LogP contribution in [-0.2, 0) is 52.8 Å². The van der Waals surface area contributed by atoms with Gasteiger partial charge >= 0.3 is 11.9 Å². The second-order valence-electron chi connectivity index (χ2n) is 17.3. The summed E-state index contributed by atoms with van der Waals surface area (Å²) in [6.45, 7) is 0.524. The van der Waals surface area contributed by atoms with Crippen LogP contribution in [0, 0.1) is 17.8 Å². The zero-order valence-corrected chi connectivity index (χ0v) is 37.6. The van der Waals surface area contributed by atoms with E-state index in [1.165, 1.54) is 11.2 Å². The normalized spacial score (nSPS) is 19.7. The number of H-pyrrole nitrogens is 1. The van der Waals surface area contributed by atoms with Gasteiger partial charge in [0.05, 0.1) is 25.9 Å². The van der Waals surface area contributed by atoms with E-state index in [1.807, 2.05) is 24.3 Å². The van der Waals surface area contributed by atoms with Crippen LogP contribution in [0.15, 0.2) is 72.1 Å². The first kappa shape index (κ1) is 51.0. The molecule has 0 bridgehead atoms. The molecule has 362 valence electrons. The lowest BCUT2D eigenvalue weighted by Crippen LogP contribution is -2.57. The number of ether oxygens (including phenoxy) is 1. The number of aliphatic imine (C=N–C) groups is 1. The first-order chi connectivity index (χ1) is 32.1. The van der Waals surface area contributed by atoms with Gasteiger partial charge in [0.1, 0.15) is 29.9 Å². The maximum Gasteiger partial charge on any atom is 0.326 e. The molecule has 1 aliphatic heterocycles. The average molecular weight is 930 g/mol. The molecule has 1 saturated carbocycles. The third kappa shape index (κ3) is 15.8. The van der Waals surface area contributed by atoms with Gasteiger partial charge in [0.2, 0.25) is 29.5 Å². The number of guanidine groups is 1. The van der Waals surface area contributed by atoms with Crippen molar-refractivity contribution in [3.63, 3.8) is 0 Å². The number of carbonyl (C=O) groups is 7. The number of amides is 5. The average Bonchev–Trinajstić information content (AvgIpc) is 4.02. The summed E-state index contributed by atoms with van der Waals surface area (Å²) in [5.41, 5.74) is 19.0. The van der Waals surface area contributed by atoms with Gasteiger partial charge in [-0.1, -0.05) is 42.5 Å². The lowest BCUT2D eigenvalue weighted by atomic mass is 9.72. The van der Waals surface area contributed by atoms with Crippen LogP contribution in [0.2, 0.25) is 0 Å². The molecule has 2 aliphatic rings. The maximum atomic E-state index is 14.5. The van der Waals surface area contributed by atoms with Gasteiger partial charge in [-0.2, -0.15) is 0 Å². The number of methoxy groups -OCH3 is 1. The highest BCUT2D eigenvalue weighted by Crippen LogP contribution is 2.36. The van der Waals surface area contributed by atoms with Gasteiger partial charge in [0.15, 0.2) is 5.96 Å². The summed E-state index contributed by atoms with van der Waals surface area (Å²) in [7, 11) is 1.58. The number of aromatic amines is 1. The fraction of sp³-hybridized carbons (Fsp3) is 0.500. The summed E-state index contributed by atoms with van der Waals surface area (Å²) in [5, 5.41) is 30.3. The first-order valence-electron chi connectivity index (χ1n) is 22.5. The van der Waals surface area contributed by atoms with E-state index >= 15 is 0 Å². The Morgan fingerprint density at radius 2 is 1.58 bits per heavy atom. The van der Waals surface area contributed by atoms with Gasteiger partial charge in [0, 0.05) is 50.3 Å². The molecule has 21 heteroatoms. The molecule has 3 aromatic rings. The third-order valence-electron chi connectivity index (χ3n) is 12.2. The molecule has 8 atom stereocenters. The molecule has 1 aromatic heterocycles. The number of carboxylic acids is 2. The van der Waals surface area contributed by atoms with Crippen LogP contribution in [0.3, 0.4) is 0 Å². The SMILES string of the molecule is COc1ccc(C[C@@H]2C[C@H](CNC(=O)[C@H](CCCN=C(N)N)NC(=O)[C@@H](N)CC(=O)O)C[C@H](C(=O)N[C@@H](Cc3cnc[nH]3)C(=O)N3CCC[C@H]3C(=O)N[C@@H](Cc3ccccc3)C(=O)O)C2)cc1. The van der Waals surface area contributed by atoms with Crippen molar-refractivity contribution in [3.05, 3.63) is 83.9 Å². The lowest BCUT2D eigenvalue weighted by Gasteiger charge is -2.36. The lowest BCUT2D eigenvalue weighted by molar-refractivity contribution is -0.145. The van der Waals surface area contributed by atoms with Crippen molar-refractivity contribution >= 4 is 47.4 Å². The number of carbonyl (C=O) groups excluding carboxylic acids is 5. The molecule has 5 amide bonds. The molecule has 0 unspecified atom stereocenters. The van der Waals surface area contributed by atoms with E-state index in [-0.39, 0.29) is 62.6 Å². The molecule has 2 fully saturated rings. The molecule has 21 nitrogen and oxygen atoms in total. The van der Waals surface area contributed by atoms with Crippen LogP contribution < -0.4 is 43.2 Å². The van der Waals surface area contributed by atoms with Gasteiger partial charge in [-0.15, -0.1) is 0 Å². The van der Waals surface area contributed by atoms with Crippen LogP contribution in [-0.4, -0.2) is 129 Å². The number of nitrogens with zero attached hydrogens (tertiary/aromatic N) is 3. The molecule has 2 heterocycles. The Morgan fingerprint density at radius 1 is 0.866 bits per heavy atom. The van der Waals surface area contributed by atoms with Crippen LogP contribution in [0.5, 0.6) is 5.75 Å². The number of rotatable bonds is 24. The predicted molar refractivity (Wildman–Crippen MR) is 245 cm³/mol. The molecule has 1 aliphatic carbocycles. The highest BCUT2D eigenvalue weighted by atomic mass is 16.5. The molecule has 0 spiro atoms. The Hall–Kier alpha value is -7.03. The summed E-state index contributed by atoms with van der Waals surface area (Å²) in [5.74, 6) is -5.64. The van der Waals surface area contributed by atoms with Crippen LogP contribution in [0.1, 0.15) is 68.2 Å². The molecular weight excluding hydrogens is 867 g/mol. The first-order valence-corrected chi connectivity index (χ1v) is 22.5. The number of aromatic nitrogens is 2. The molecule has 2 aromatic carbocycles. The Bertz CT molecular complexity index is 2170. The Morgan fingerprint density at radius 3 is 2.24 bits per heavy atom. The summed E-state index contributed by atoms with van der Waals surface area (Å²) < 4.78 is 5.34. The summed E-state index contributed by atoms with van der Waals surface area (Å²) >= 11 is 0. The number of hydrogen-bond acceptors (Lipinski definition) is 11. The van der Waals surface area contributed by atoms with E-state index in [9.17, 15) is 38.7 Å². The molecule has 67 heavy (non-hydrogen) atoms. The van der Waals surface area contributed by atoms with Crippen molar-refractivity contribution in [2.24, 2.45) is 39.9 Å². The zero-order valence-electron chi connectivity index (χ0n) is 37.6. The van der Waals surface area contributed by atoms with E-state index in [2.05, 4.69) is 36.2 Å². The van der Waals surface area contributed by atoms with Crippen LogP contribution in [0.4, 0.5) is 0 Å². The van der Waals surface area contributed by atoms with E-state index < -0.39 is 78.1 Å². The summed E-state index contributed by atoms with van der Waals surface area (Å²) in [6.07, 6.45) is 5.70. The summed E-state index contributed by atoms with van der Waals surface area (Å²) in [6, 6.07) is 10.7. The van der Waals surface area contributed by atoms with Crippen LogP contribution in [0.25, 0.3) is 0 Å². The van der Waals surface area contributed by atoms with Crippen molar-refractivity contribution in [1.82, 2.24) is 36.1 Å². The molecule has 13 N–H and O–H groups in total. The number of likely N-dealkylation sites (tertiary alicyclic amines) is 1. The second-order valence-corrected chi connectivity index (χ2v) is 17.3. The van der Waals surface area contributed by atoms with Gasteiger partial charge in [0.25, 0.3) is 0 Å². The number of aliphatic carboxylic acids is 2. The van der Waals surface area contributed by atoms with Crippen molar-refractivity contribution in [3.8, 4) is 5.75 Å². The minimum atomic E-state index is -1.39. The van der Waals surface area contributed by atoms with Crippen molar-refractivity contribution in [1.29, 1.82) is 0 Å². The van der Waals surface area contributed by atoms with Gasteiger partial charge in [-0.25, -0.2) is 9.78 Å². The third-order valence-corrected chi connectivity index (χ3v) is 12.2. The molecule has 1 saturated heterocycles. The number of nitrogens with one attached hydrogen (secondary N) is 5. The van der Waals surface area contributed by atoms with Crippen molar-refractivity contribution in [2.45, 2.75) is 101 Å². The number of hydrogen-bond donors (Lipinski definition) is 10. The fourth-order valence-electron chi connectivity index (χ4n) is 8.83. The highest BCUT2D eigenvalue weighted by Gasteiger charge is 2.41. The van der Waals surface area contributed by atoms with Crippen molar-refractivity contribution in [2.75, 3.05) is 26.7 Å². The van der Waals surface area contributed by atoms with Gasteiger partial charge in [-0.3, -0.25) is 33.8 Å². The van der Waals surface area contributed by atoms with Crippen molar-refractivity contribution < 1.29 is 48.5 Å². The van der Waals surface area contributed by atoms with E-state index in [0.29, 0.717) is 56.4 Å². The molecule has 5 rings (SSSR count). The van der Waals surface area contributed by atoms with Gasteiger partial charge < -0.3 is 63.3 Å². The molecular formula is C46H63N11O10. The maximum absolute atomic E-state index is 14.5. The Balaban J connectivity index is 1.32. The number of imidazole rings is 1. The number of carboxylic acid groups (broad SMARTS) is 2. The fourth-order valence-corrected chi connectivity index (χ4v) is 8.83. The van der Waals surface area contributed by atoms with Gasteiger partial charge in [-0.05, 0) is 86.5 Å². The van der Waals surface area contributed by atoms with E-state index in [1.54, 1.807) is 43.6 Å². The van der Waals surface area contributed by atoms with E-state index in [4.69, 9.17) is 27.0 Å². The largest absolute Gasteiger partial charge is 0.497 e. The Labute approximate surface area is 388 Å².